The Kier molecular flexibility index (Phi) is 5.29. The van der Waals surface area contributed by atoms with Crippen LogP contribution in [-0.4, -0.2) is 29.7 Å². The van der Waals surface area contributed by atoms with Crippen LogP contribution in [-0.2, 0) is 4.74 Å². The molecule has 122 valence electrons. The molecule has 5 heteroatoms. The molecule has 0 saturated carbocycles. The Morgan fingerprint density at radius 1 is 1.18 bits per heavy atom. The molecule has 1 heterocycles. The number of rotatable bonds is 1. The smallest absolute Gasteiger partial charge is 0.410 e. The first-order valence-electron chi connectivity index (χ1n) is 7.61. The third kappa shape index (κ3) is 4.30. The number of aryl methyl sites for hydroxylation is 1. The molecule has 1 aromatic carbocycles. The van der Waals surface area contributed by atoms with Gasteiger partial charge in [0.1, 0.15) is 5.60 Å². The van der Waals surface area contributed by atoms with E-state index >= 15 is 0 Å². The summed E-state index contributed by atoms with van der Waals surface area (Å²) in [6, 6.07) is 3.88. The Hall–Kier alpha value is -0.930. The third-order valence-corrected chi connectivity index (χ3v) is 4.62. The van der Waals surface area contributed by atoms with Gasteiger partial charge < -0.3 is 9.64 Å². The molecular weight excluding hydrogens is 321 g/mol. The van der Waals surface area contributed by atoms with Gasteiger partial charge in [-0.15, -0.1) is 0 Å². The van der Waals surface area contributed by atoms with E-state index in [1.165, 1.54) is 5.56 Å². The highest BCUT2D eigenvalue weighted by atomic mass is 35.5. The average molecular weight is 344 g/mol. The zero-order chi connectivity index (χ0) is 16.5. The van der Waals surface area contributed by atoms with Crippen molar-refractivity contribution in [2.75, 3.05) is 13.1 Å². The van der Waals surface area contributed by atoms with E-state index in [1.54, 1.807) is 4.90 Å². The van der Waals surface area contributed by atoms with Gasteiger partial charge >= 0.3 is 6.09 Å². The van der Waals surface area contributed by atoms with E-state index in [0.717, 1.165) is 18.4 Å². The van der Waals surface area contributed by atoms with Crippen molar-refractivity contribution in [1.82, 2.24) is 4.90 Å². The molecule has 1 fully saturated rings. The van der Waals surface area contributed by atoms with Crippen molar-refractivity contribution in [3.05, 3.63) is 33.3 Å². The van der Waals surface area contributed by atoms with Crippen LogP contribution in [0.5, 0.6) is 0 Å². The molecule has 1 aromatic rings. The Morgan fingerprint density at radius 2 is 1.73 bits per heavy atom. The monoisotopic (exact) mass is 343 g/mol. The number of halogens is 2. The molecule has 1 amide bonds. The number of benzene rings is 1. The first-order chi connectivity index (χ1) is 10.2. The lowest BCUT2D eigenvalue weighted by Crippen LogP contribution is -2.41. The maximum atomic E-state index is 12.1. The molecule has 0 bridgehead atoms. The summed E-state index contributed by atoms with van der Waals surface area (Å²) in [7, 11) is 0. The van der Waals surface area contributed by atoms with Gasteiger partial charge in [0.2, 0.25) is 0 Å². The minimum Gasteiger partial charge on any atom is -0.444 e. The van der Waals surface area contributed by atoms with Gasteiger partial charge in [0, 0.05) is 13.1 Å². The summed E-state index contributed by atoms with van der Waals surface area (Å²) in [5.41, 5.74) is 1.94. The Morgan fingerprint density at radius 3 is 2.27 bits per heavy atom. The maximum Gasteiger partial charge on any atom is 0.410 e. The molecule has 0 atom stereocenters. The van der Waals surface area contributed by atoms with Crippen molar-refractivity contribution in [3.8, 4) is 0 Å². The number of likely N-dealkylation sites (tertiary alicyclic amines) is 1. The van der Waals surface area contributed by atoms with Gasteiger partial charge in [-0.25, -0.2) is 4.79 Å². The largest absolute Gasteiger partial charge is 0.444 e. The number of ether oxygens (including phenoxy) is 1. The Balaban J connectivity index is 2.01. The van der Waals surface area contributed by atoms with Gasteiger partial charge in [0.15, 0.2) is 0 Å². The van der Waals surface area contributed by atoms with Crippen molar-refractivity contribution in [1.29, 1.82) is 0 Å². The number of hydrogen-bond acceptors (Lipinski definition) is 2. The fraction of sp³-hybridized carbons (Fsp3) is 0.588. The molecule has 2 rings (SSSR count). The Labute approximate surface area is 142 Å². The summed E-state index contributed by atoms with van der Waals surface area (Å²) >= 11 is 12.2. The van der Waals surface area contributed by atoms with Crippen molar-refractivity contribution in [2.24, 2.45) is 0 Å². The number of nitrogens with zero attached hydrogens (tertiary/aromatic N) is 1. The van der Waals surface area contributed by atoms with Gasteiger partial charge in [-0.3, -0.25) is 0 Å². The minimum absolute atomic E-state index is 0.225. The zero-order valence-corrected chi connectivity index (χ0v) is 15.1. The van der Waals surface area contributed by atoms with Crippen molar-refractivity contribution >= 4 is 29.3 Å². The van der Waals surface area contributed by atoms with Crippen LogP contribution in [0.25, 0.3) is 0 Å². The molecule has 22 heavy (non-hydrogen) atoms. The summed E-state index contributed by atoms with van der Waals surface area (Å²) in [4.78, 5) is 13.9. The fourth-order valence-electron chi connectivity index (χ4n) is 2.80. The average Bonchev–Trinajstić information content (AvgIpc) is 2.41. The molecule has 1 saturated heterocycles. The van der Waals surface area contributed by atoms with Gasteiger partial charge in [-0.1, -0.05) is 23.2 Å². The van der Waals surface area contributed by atoms with E-state index in [-0.39, 0.29) is 6.09 Å². The molecule has 0 unspecified atom stereocenters. The van der Waals surface area contributed by atoms with Crippen LogP contribution in [0.15, 0.2) is 12.1 Å². The molecule has 3 nitrogen and oxygen atoms in total. The second kappa shape index (κ2) is 6.67. The molecule has 0 spiro atoms. The molecule has 0 N–H and O–H groups in total. The van der Waals surface area contributed by atoms with E-state index in [9.17, 15) is 4.79 Å². The molecule has 1 aliphatic heterocycles. The summed E-state index contributed by atoms with van der Waals surface area (Å²) in [5, 5.41) is 1.19. The van der Waals surface area contributed by atoms with E-state index < -0.39 is 5.60 Å². The summed E-state index contributed by atoms with van der Waals surface area (Å²) in [6.45, 7) is 9.13. The molecule has 0 radical (unpaired) electrons. The predicted octanol–water partition coefficient (Wildman–Crippen LogP) is 5.42. The van der Waals surface area contributed by atoms with Gasteiger partial charge in [-0.05, 0) is 69.7 Å². The summed E-state index contributed by atoms with van der Waals surface area (Å²) < 4.78 is 5.43. The molecule has 0 aromatic heterocycles. The van der Waals surface area contributed by atoms with Crippen LogP contribution in [0.1, 0.15) is 50.7 Å². The van der Waals surface area contributed by atoms with Crippen molar-refractivity contribution < 1.29 is 9.53 Å². The second-order valence-electron chi connectivity index (χ2n) is 6.86. The van der Waals surface area contributed by atoms with Crippen LogP contribution in [0.4, 0.5) is 4.79 Å². The minimum atomic E-state index is -0.450. The van der Waals surface area contributed by atoms with Crippen molar-refractivity contribution in [3.63, 3.8) is 0 Å². The van der Waals surface area contributed by atoms with E-state index in [2.05, 4.69) is 6.92 Å². The first kappa shape index (κ1) is 17.4. The van der Waals surface area contributed by atoms with Crippen LogP contribution in [0.3, 0.4) is 0 Å². The number of carbonyl (C=O) groups excluding carboxylic acids is 1. The Bertz CT molecular complexity index is 559. The lowest BCUT2D eigenvalue weighted by molar-refractivity contribution is 0.0205. The number of carbonyl (C=O) groups is 1. The number of amides is 1. The lowest BCUT2D eigenvalue weighted by atomic mass is 9.87. The van der Waals surface area contributed by atoms with Gasteiger partial charge in [-0.2, -0.15) is 0 Å². The van der Waals surface area contributed by atoms with Gasteiger partial charge in [0.25, 0.3) is 0 Å². The second-order valence-corrected chi connectivity index (χ2v) is 7.68. The number of piperidine rings is 1. The highest BCUT2D eigenvalue weighted by Gasteiger charge is 2.28. The SMILES string of the molecule is Cc1cc(Cl)c(Cl)cc1C1CCN(C(=O)OC(C)(C)C)CC1. The number of hydrogen-bond donors (Lipinski definition) is 0. The highest BCUT2D eigenvalue weighted by molar-refractivity contribution is 6.42. The van der Waals surface area contributed by atoms with E-state index in [0.29, 0.717) is 29.1 Å². The first-order valence-corrected chi connectivity index (χ1v) is 8.36. The van der Waals surface area contributed by atoms with Crippen LogP contribution in [0, 0.1) is 6.92 Å². The van der Waals surface area contributed by atoms with Crippen LogP contribution >= 0.6 is 23.2 Å². The van der Waals surface area contributed by atoms with E-state index in [4.69, 9.17) is 27.9 Å². The van der Waals surface area contributed by atoms with Crippen molar-refractivity contribution in [2.45, 2.75) is 52.1 Å². The van der Waals surface area contributed by atoms with Gasteiger partial charge in [0.05, 0.1) is 10.0 Å². The summed E-state index contributed by atoms with van der Waals surface area (Å²) in [6.07, 6.45) is 1.60. The standard InChI is InChI=1S/C17H23Cl2NO2/c1-11-9-14(18)15(19)10-13(11)12-5-7-20(8-6-12)16(21)22-17(2,3)4/h9-10,12H,5-8H2,1-4H3. The van der Waals surface area contributed by atoms with Crippen LogP contribution in [0.2, 0.25) is 10.0 Å². The molecule has 0 aliphatic carbocycles. The zero-order valence-electron chi connectivity index (χ0n) is 13.6. The summed E-state index contributed by atoms with van der Waals surface area (Å²) in [5.74, 6) is 0.411. The maximum absolute atomic E-state index is 12.1. The van der Waals surface area contributed by atoms with Crippen LogP contribution < -0.4 is 0 Å². The normalized spacial score (nSPS) is 16.7. The topological polar surface area (TPSA) is 29.5 Å². The molecule has 1 aliphatic rings. The third-order valence-electron chi connectivity index (χ3n) is 3.90. The highest BCUT2D eigenvalue weighted by Crippen LogP contribution is 2.35. The molecular formula is C17H23Cl2NO2. The predicted molar refractivity (Wildman–Crippen MR) is 91.0 cm³/mol. The fourth-order valence-corrected chi connectivity index (χ4v) is 3.19. The quantitative estimate of drug-likeness (QED) is 0.681. The van der Waals surface area contributed by atoms with E-state index in [1.807, 2.05) is 32.9 Å². The lowest BCUT2D eigenvalue weighted by Gasteiger charge is -2.34.